The molecule has 0 aliphatic heterocycles. The van der Waals surface area contributed by atoms with Crippen molar-refractivity contribution in [1.29, 1.82) is 0 Å². The molecular formula is C15H22N2S. The average molecular weight is 262 g/mol. The lowest BCUT2D eigenvalue weighted by molar-refractivity contribution is 0.157. The Kier molecular flexibility index (Phi) is 2.73. The van der Waals surface area contributed by atoms with Crippen LogP contribution in [0.25, 0.3) is 0 Å². The van der Waals surface area contributed by atoms with Gasteiger partial charge >= 0.3 is 0 Å². The van der Waals surface area contributed by atoms with E-state index in [9.17, 15) is 0 Å². The zero-order valence-electron chi connectivity index (χ0n) is 10.9. The average Bonchev–Trinajstić information content (AvgIpc) is 2.80. The first-order chi connectivity index (χ1) is 8.84. The maximum atomic E-state index is 4.26. The highest BCUT2D eigenvalue weighted by Crippen LogP contribution is 2.57. The number of nitrogens with one attached hydrogen (secondary N) is 1. The van der Waals surface area contributed by atoms with E-state index in [1.165, 1.54) is 56.4 Å². The normalized spacial score (nSPS) is 38.4. The number of hydrogen-bond donors (Lipinski definition) is 1. The first-order valence-corrected chi connectivity index (χ1v) is 8.33. The van der Waals surface area contributed by atoms with Gasteiger partial charge in [-0.25, -0.2) is 0 Å². The van der Waals surface area contributed by atoms with Gasteiger partial charge in [0.1, 0.15) is 0 Å². The number of fused-ring (bicyclic) bond motifs is 2. The molecule has 0 aromatic carbocycles. The minimum Gasteiger partial charge on any atom is -0.313 e. The van der Waals surface area contributed by atoms with E-state index >= 15 is 0 Å². The smallest absolute Gasteiger partial charge is 0.0794 e. The van der Waals surface area contributed by atoms with Crippen LogP contribution in [0.1, 0.15) is 43.4 Å². The van der Waals surface area contributed by atoms with Crippen molar-refractivity contribution in [2.24, 2.45) is 17.3 Å². The molecule has 18 heavy (non-hydrogen) atoms. The standard InChI is InChI=1S/C15H22N2S/c1-2-12-5-11(1)6-15(12,9-17-13-3-4-13)7-14-8-16-10-18-14/h8,10-13,17H,1-7,9H2. The molecule has 98 valence electrons. The summed E-state index contributed by atoms with van der Waals surface area (Å²) in [5.41, 5.74) is 2.56. The van der Waals surface area contributed by atoms with Gasteiger partial charge in [-0.05, 0) is 55.8 Å². The summed E-state index contributed by atoms with van der Waals surface area (Å²) in [5, 5.41) is 3.82. The van der Waals surface area contributed by atoms with Crippen molar-refractivity contribution in [3.63, 3.8) is 0 Å². The van der Waals surface area contributed by atoms with Crippen molar-refractivity contribution in [2.75, 3.05) is 6.54 Å². The van der Waals surface area contributed by atoms with Gasteiger partial charge in [-0.1, -0.05) is 6.42 Å². The molecule has 3 unspecified atom stereocenters. The Balaban J connectivity index is 1.52. The van der Waals surface area contributed by atoms with Gasteiger partial charge in [0.2, 0.25) is 0 Å². The number of thiazole rings is 1. The summed E-state index contributed by atoms with van der Waals surface area (Å²) in [6, 6.07) is 0.850. The molecule has 2 nitrogen and oxygen atoms in total. The number of aromatic nitrogens is 1. The molecule has 0 radical (unpaired) electrons. The quantitative estimate of drug-likeness (QED) is 0.881. The highest BCUT2D eigenvalue weighted by molar-refractivity contribution is 7.09. The summed E-state index contributed by atoms with van der Waals surface area (Å²) in [5.74, 6) is 2.01. The predicted molar refractivity (Wildman–Crippen MR) is 74.7 cm³/mol. The summed E-state index contributed by atoms with van der Waals surface area (Å²) < 4.78 is 0. The second-order valence-corrected chi connectivity index (χ2v) is 7.71. The lowest BCUT2D eigenvalue weighted by Gasteiger charge is -2.38. The highest BCUT2D eigenvalue weighted by atomic mass is 32.1. The molecule has 4 rings (SSSR count). The van der Waals surface area contributed by atoms with Gasteiger partial charge in [-0.15, -0.1) is 11.3 Å². The van der Waals surface area contributed by atoms with Crippen LogP contribution < -0.4 is 5.32 Å². The van der Waals surface area contributed by atoms with Crippen LogP contribution >= 0.6 is 11.3 Å². The number of hydrogen-bond acceptors (Lipinski definition) is 3. The van der Waals surface area contributed by atoms with Crippen LogP contribution in [-0.2, 0) is 6.42 Å². The molecule has 2 bridgehead atoms. The van der Waals surface area contributed by atoms with E-state index in [2.05, 4.69) is 16.5 Å². The Labute approximate surface area is 113 Å². The van der Waals surface area contributed by atoms with Gasteiger partial charge in [0.15, 0.2) is 0 Å². The van der Waals surface area contributed by atoms with Crippen LogP contribution in [0.15, 0.2) is 11.7 Å². The van der Waals surface area contributed by atoms with E-state index < -0.39 is 0 Å². The lowest BCUT2D eigenvalue weighted by Crippen LogP contribution is -2.41. The molecule has 1 N–H and O–H groups in total. The molecule has 3 saturated carbocycles. The molecule has 3 atom stereocenters. The second-order valence-electron chi connectivity index (χ2n) is 6.74. The van der Waals surface area contributed by atoms with Crippen LogP contribution in [-0.4, -0.2) is 17.6 Å². The monoisotopic (exact) mass is 262 g/mol. The summed E-state index contributed by atoms with van der Waals surface area (Å²) in [6.45, 7) is 1.26. The van der Waals surface area contributed by atoms with E-state index in [0.29, 0.717) is 5.41 Å². The Morgan fingerprint density at radius 2 is 2.28 bits per heavy atom. The molecule has 1 aromatic heterocycles. The third-order valence-electron chi connectivity index (χ3n) is 5.43. The van der Waals surface area contributed by atoms with Crippen molar-refractivity contribution >= 4 is 11.3 Å². The minimum absolute atomic E-state index is 0.567. The molecule has 0 saturated heterocycles. The van der Waals surface area contributed by atoms with Crippen molar-refractivity contribution in [3.05, 3.63) is 16.6 Å². The second kappa shape index (κ2) is 4.31. The fourth-order valence-electron chi connectivity index (χ4n) is 4.37. The lowest BCUT2D eigenvalue weighted by atomic mass is 9.70. The molecule has 3 heteroatoms. The number of rotatable bonds is 5. The summed E-state index contributed by atoms with van der Waals surface area (Å²) in [4.78, 5) is 5.76. The number of nitrogens with zero attached hydrogens (tertiary/aromatic N) is 1. The van der Waals surface area contributed by atoms with Gasteiger partial charge in [0.25, 0.3) is 0 Å². The largest absolute Gasteiger partial charge is 0.313 e. The molecule has 3 fully saturated rings. The Morgan fingerprint density at radius 1 is 1.33 bits per heavy atom. The highest BCUT2D eigenvalue weighted by Gasteiger charge is 2.50. The van der Waals surface area contributed by atoms with Gasteiger partial charge < -0.3 is 5.32 Å². The zero-order valence-corrected chi connectivity index (χ0v) is 11.7. The van der Waals surface area contributed by atoms with Crippen molar-refractivity contribution < 1.29 is 0 Å². The summed E-state index contributed by atoms with van der Waals surface area (Å²) in [7, 11) is 0. The SMILES string of the molecule is c1ncc(CC2(CNC3CC3)CC3CCC2C3)s1. The van der Waals surface area contributed by atoms with Gasteiger partial charge in [0.05, 0.1) is 5.51 Å². The van der Waals surface area contributed by atoms with Crippen molar-refractivity contribution in [3.8, 4) is 0 Å². The van der Waals surface area contributed by atoms with E-state index in [4.69, 9.17) is 0 Å². The molecule has 1 heterocycles. The molecule has 3 aliphatic rings. The Hall–Kier alpha value is -0.410. The molecule has 1 aromatic rings. The summed E-state index contributed by atoms with van der Waals surface area (Å²) >= 11 is 1.85. The third kappa shape index (κ3) is 2.01. The first kappa shape index (κ1) is 11.4. The van der Waals surface area contributed by atoms with Crippen LogP contribution in [0, 0.1) is 17.3 Å². The van der Waals surface area contributed by atoms with Crippen LogP contribution in [0.5, 0.6) is 0 Å². The zero-order chi connectivity index (χ0) is 12.0. The fourth-order valence-corrected chi connectivity index (χ4v) is 5.11. The Morgan fingerprint density at radius 3 is 2.89 bits per heavy atom. The van der Waals surface area contributed by atoms with Gasteiger partial charge in [0, 0.05) is 23.7 Å². The first-order valence-electron chi connectivity index (χ1n) is 7.45. The maximum Gasteiger partial charge on any atom is 0.0794 e. The topological polar surface area (TPSA) is 24.9 Å². The van der Waals surface area contributed by atoms with Gasteiger partial charge in [-0.3, -0.25) is 4.98 Å². The van der Waals surface area contributed by atoms with E-state index in [1.54, 1.807) is 0 Å². The van der Waals surface area contributed by atoms with E-state index in [0.717, 1.165) is 17.9 Å². The predicted octanol–water partition coefficient (Wildman–Crippen LogP) is 3.24. The van der Waals surface area contributed by atoms with E-state index in [1.807, 2.05) is 16.8 Å². The van der Waals surface area contributed by atoms with Crippen molar-refractivity contribution in [1.82, 2.24) is 10.3 Å². The van der Waals surface area contributed by atoms with E-state index in [-0.39, 0.29) is 0 Å². The third-order valence-corrected chi connectivity index (χ3v) is 6.21. The molecular weight excluding hydrogens is 240 g/mol. The molecule has 0 spiro atoms. The molecule has 3 aliphatic carbocycles. The van der Waals surface area contributed by atoms with Crippen LogP contribution in [0.4, 0.5) is 0 Å². The molecule has 0 amide bonds. The van der Waals surface area contributed by atoms with Crippen LogP contribution in [0.2, 0.25) is 0 Å². The van der Waals surface area contributed by atoms with Gasteiger partial charge in [-0.2, -0.15) is 0 Å². The van der Waals surface area contributed by atoms with Crippen molar-refractivity contribution in [2.45, 2.75) is 51.0 Å². The maximum absolute atomic E-state index is 4.26. The minimum atomic E-state index is 0.567. The Bertz CT molecular complexity index is 412. The van der Waals surface area contributed by atoms with Crippen LogP contribution in [0.3, 0.4) is 0 Å². The fraction of sp³-hybridized carbons (Fsp3) is 0.800. The summed E-state index contributed by atoms with van der Waals surface area (Å²) in [6.07, 6.45) is 12.1.